The highest BCUT2D eigenvalue weighted by Gasteiger charge is 2.36. The minimum absolute atomic E-state index is 0.185. The van der Waals surface area contributed by atoms with Crippen LogP contribution in [0.1, 0.15) is 40.3 Å². The van der Waals surface area contributed by atoms with Gasteiger partial charge in [0.25, 0.3) is 17.1 Å². The Morgan fingerprint density at radius 1 is 0.814 bits per heavy atom. The van der Waals surface area contributed by atoms with E-state index in [4.69, 9.17) is 9.47 Å². The lowest BCUT2D eigenvalue weighted by Gasteiger charge is -2.16. The average Bonchev–Trinajstić information content (AvgIpc) is 3.19. The molecule has 0 radical (unpaired) electrons. The summed E-state index contributed by atoms with van der Waals surface area (Å²) in [6.07, 6.45) is 1.57. The molecule has 4 rings (SSSR count). The molecular weight excluding hydrogens is 566 g/mol. The molecule has 3 aromatic rings. The number of nitrogens with zero attached hydrogens (tertiary/aromatic N) is 1. The largest absolute Gasteiger partial charge is 0.490 e. The molecule has 1 saturated heterocycles. The van der Waals surface area contributed by atoms with Gasteiger partial charge in [-0.2, -0.15) is 0 Å². The van der Waals surface area contributed by atoms with E-state index in [0.717, 1.165) is 44.5 Å². The van der Waals surface area contributed by atoms with Crippen LogP contribution in [0.3, 0.4) is 0 Å². The Labute approximate surface area is 255 Å². The van der Waals surface area contributed by atoms with Crippen LogP contribution in [-0.4, -0.2) is 47.6 Å². The first-order valence-corrected chi connectivity index (χ1v) is 14.7. The Morgan fingerprint density at radius 2 is 1.53 bits per heavy atom. The number of rotatable bonds is 10. The Bertz CT molecular complexity index is 1610. The number of carbonyl (C=O) groups excluding carboxylic acids is 4. The maximum atomic E-state index is 13.1. The number of imide groups is 1. The van der Waals surface area contributed by atoms with Gasteiger partial charge in [-0.05, 0) is 111 Å². The molecule has 0 atom stereocenters. The summed E-state index contributed by atoms with van der Waals surface area (Å²) >= 11 is 0.767. The number of nitrogens with one attached hydrogen (secondary N) is 2. The van der Waals surface area contributed by atoms with Crippen molar-refractivity contribution in [3.05, 3.63) is 86.8 Å². The fourth-order valence-corrected chi connectivity index (χ4v) is 5.49. The third kappa shape index (κ3) is 7.84. The summed E-state index contributed by atoms with van der Waals surface area (Å²) in [5, 5.41) is 5.13. The van der Waals surface area contributed by atoms with Gasteiger partial charge in [-0.25, -0.2) is 0 Å². The molecule has 1 aliphatic heterocycles. The first-order chi connectivity index (χ1) is 20.4. The normalized spacial score (nSPS) is 13.8. The SMILES string of the molecule is CCOc1cc(/C=C2/SC(=O)N(CC(=O)Nc3c(C)cc(C)cc3C)C2=O)ccc1OCC(=O)Nc1ccc(C)c(C)c1. The number of carbonyl (C=O) groups is 4. The van der Waals surface area contributed by atoms with Crippen LogP contribution in [0.25, 0.3) is 6.08 Å². The van der Waals surface area contributed by atoms with Gasteiger partial charge in [-0.1, -0.05) is 29.8 Å². The summed E-state index contributed by atoms with van der Waals surface area (Å²) < 4.78 is 11.5. The van der Waals surface area contributed by atoms with Crippen LogP contribution >= 0.6 is 11.8 Å². The zero-order valence-electron chi connectivity index (χ0n) is 25.1. The summed E-state index contributed by atoms with van der Waals surface area (Å²) in [6.45, 7) is 11.3. The number of thioether (sulfide) groups is 1. The molecule has 0 unspecified atom stereocenters. The molecule has 1 aliphatic rings. The molecule has 43 heavy (non-hydrogen) atoms. The fourth-order valence-electron chi connectivity index (χ4n) is 4.65. The quantitative estimate of drug-likeness (QED) is 0.262. The van der Waals surface area contributed by atoms with Gasteiger partial charge in [0.15, 0.2) is 18.1 Å². The molecule has 0 spiro atoms. The number of ether oxygens (including phenoxy) is 2. The lowest BCUT2D eigenvalue weighted by molar-refractivity contribution is -0.127. The van der Waals surface area contributed by atoms with Crippen molar-refractivity contribution in [3.8, 4) is 11.5 Å². The highest BCUT2D eigenvalue weighted by molar-refractivity contribution is 8.18. The second-order valence-corrected chi connectivity index (χ2v) is 11.4. The van der Waals surface area contributed by atoms with E-state index in [-0.39, 0.29) is 17.4 Å². The van der Waals surface area contributed by atoms with E-state index in [1.807, 2.05) is 71.9 Å². The molecule has 0 aromatic heterocycles. The Morgan fingerprint density at radius 3 is 2.21 bits per heavy atom. The van der Waals surface area contributed by atoms with Gasteiger partial charge in [0, 0.05) is 11.4 Å². The van der Waals surface area contributed by atoms with Gasteiger partial charge in [0.2, 0.25) is 5.91 Å². The molecular formula is C33H35N3O6S. The zero-order valence-corrected chi connectivity index (χ0v) is 25.9. The lowest BCUT2D eigenvalue weighted by atomic mass is 10.1. The highest BCUT2D eigenvalue weighted by atomic mass is 32.2. The Balaban J connectivity index is 1.41. The minimum Gasteiger partial charge on any atom is -0.490 e. The Hall–Kier alpha value is -4.57. The molecule has 224 valence electrons. The lowest BCUT2D eigenvalue weighted by Crippen LogP contribution is -2.36. The van der Waals surface area contributed by atoms with Crippen LogP contribution < -0.4 is 20.1 Å². The number of amides is 4. The molecule has 0 saturated carbocycles. The van der Waals surface area contributed by atoms with Crippen molar-refractivity contribution >= 4 is 52.2 Å². The zero-order chi connectivity index (χ0) is 31.3. The predicted molar refractivity (Wildman–Crippen MR) is 170 cm³/mol. The monoisotopic (exact) mass is 601 g/mol. The van der Waals surface area contributed by atoms with Gasteiger partial charge in [-0.15, -0.1) is 0 Å². The summed E-state index contributed by atoms with van der Waals surface area (Å²) in [7, 11) is 0. The fraction of sp³-hybridized carbons (Fsp3) is 0.273. The molecule has 1 heterocycles. The summed E-state index contributed by atoms with van der Waals surface area (Å²) in [5.41, 5.74) is 7.04. The van der Waals surface area contributed by atoms with Crippen LogP contribution in [0.4, 0.5) is 16.2 Å². The maximum Gasteiger partial charge on any atom is 0.294 e. The first kappa shape index (κ1) is 31.4. The summed E-state index contributed by atoms with van der Waals surface area (Å²) in [6, 6.07) is 14.6. The van der Waals surface area contributed by atoms with Gasteiger partial charge in [0.05, 0.1) is 11.5 Å². The van der Waals surface area contributed by atoms with Gasteiger partial charge in [0.1, 0.15) is 6.54 Å². The summed E-state index contributed by atoms with van der Waals surface area (Å²) in [4.78, 5) is 52.1. The topological polar surface area (TPSA) is 114 Å². The standard InChI is InChI=1S/C33H35N3O6S/c1-7-41-27-15-24(9-11-26(27)42-18-30(38)34-25-10-8-20(3)21(4)14-25)16-28-32(39)36(33(40)43-28)17-29(37)35-31-22(5)12-19(2)13-23(31)6/h8-16H,7,17-18H2,1-6H3,(H,34,38)(H,35,37)/b28-16+. The third-order valence-corrected chi connectivity index (χ3v) is 7.74. The number of hydrogen-bond donors (Lipinski definition) is 2. The predicted octanol–water partition coefficient (Wildman–Crippen LogP) is 6.32. The first-order valence-electron chi connectivity index (χ1n) is 13.8. The van der Waals surface area contributed by atoms with Crippen LogP contribution in [0.2, 0.25) is 0 Å². The average molecular weight is 602 g/mol. The van der Waals surface area contributed by atoms with Crippen LogP contribution in [0.15, 0.2) is 53.4 Å². The van der Waals surface area contributed by atoms with Crippen molar-refractivity contribution in [1.29, 1.82) is 0 Å². The van der Waals surface area contributed by atoms with Crippen molar-refractivity contribution in [2.45, 2.75) is 41.5 Å². The van der Waals surface area contributed by atoms with Crippen LogP contribution in [0.5, 0.6) is 11.5 Å². The Kier molecular flexibility index (Phi) is 9.92. The second-order valence-electron chi connectivity index (χ2n) is 10.4. The third-order valence-electron chi connectivity index (χ3n) is 6.83. The molecule has 0 aliphatic carbocycles. The van der Waals surface area contributed by atoms with Gasteiger partial charge in [-0.3, -0.25) is 24.1 Å². The van der Waals surface area contributed by atoms with Crippen molar-refractivity contribution < 1.29 is 28.7 Å². The van der Waals surface area contributed by atoms with E-state index >= 15 is 0 Å². The van der Waals surface area contributed by atoms with Gasteiger partial charge >= 0.3 is 0 Å². The molecule has 9 nitrogen and oxygen atoms in total. The van der Waals surface area contributed by atoms with Crippen molar-refractivity contribution in [2.75, 3.05) is 30.4 Å². The number of aryl methyl sites for hydroxylation is 5. The van der Waals surface area contributed by atoms with E-state index in [1.54, 1.807) is 24.3 Å². The van der Waals surface area contributed by atoms with Crippen molar-refractivity contribution in [2.24, 2.45) is 0 Å². The van der Waals surface area contributed by atoms with E-state index in [1.165, 1.54) is 0 Å². The second kappa shape index (κ2) is 13.6. The maximum absolute atomic E-state index is 13.1. The van der Waals surface area contributed by atoms with Gasteiger partial charge < -0.3 is 20.1 Å². The molecule has 1 fully saturated rings. The van der Waals surface area contributed by atoms with E-state index in [9.17, 15) is 19.2 Å². The smallest absolute Gasteiger partial charge is 0.294 e. The summed E-state index contributed by atoms with van der Waals surface area (Å²) in [5.74, 6) is -0.581. The number of hydrogen-bond acceptors (Lipinski definition) is 7. The van der Waals surface area contributed by atoms with Crippen LogP contribution in [0, 0.1) is 34.6 Å². The molecule has 0 bridgehead atoms. The number of anilines is 2. The van der Waals surface area contributed by atoms with E-state index in [2.05, 4.69) is 10.6 Å². The van der Waals surface area contributed by atoms with E-state index in [0.29, 0.717) is 35.0 Å². The highest BCUT2D eigenvalue weighted by Crippen LogP contribution is 2.35. The molecule has 10 heteroatoms. The minimum atomic E-state index is -0.552. The van der Waals surface area contributed by atoms with E-state index < -0.39 is 23.6 Å². The number of benzene rings is 3. The molecule has 3 aromatic carbocycles. The molecule has 4 amide bonds. The van der Waals surface area contributed by atoms with Crippen molar-refractivity contribution in [1.82, 2.24) is 4.90 Å². The van der Waals surface area contributed by atoms with Crippen molar-refractivity contribution in [3.63, 3.8) is 0 Å². The van der Waals surface area contributed by atoms with Crippen LogP contribution in [-0.2, 0) is 14.4 Å². The molecule has 2 N–H and O–H groups in total.